The predicted molar refractivity (Wildman–Crippen MR) is 84.7 cm³/mol. The second-order valence-electron chi connectivity index (χ2n) is 4.49. The van der Waals surface area contributed by atoms with Gasteiger partial charge in [-0.2, -0.15) is 10.2 Å². The van der Waals surface area contributed by atoms with E-state index in [4.69, 9.17) is 0 Å². The lowest BCUT2D eigenvalue weighted by molar-refractivity contribution is -0.385. The van der Waals surface area contributed by atoms with Crippen molar-refractivity contribution in [3.63, 3.8) is 0 Å². The van der Waals surface area contributed by atoms with Gasteiger partial charge in [-0.25, -0.2) is 0 Å². The number of hydrogen-bond donors (Lipinski definition) is 2. The zero-order valence-corrected chi connectivity index (χ0v) is 11.9. The maximum absolute atomic E-state index is 10.7. The maximum atomic E-state index is 10.7. The molecule has 0 amide bonds. The average Bonchev–Trinajstić information content (AvgIpc) is 2.54. The van der Waals surface area contributed by atoms with E-state index in [2.05, 4.69) is 10.2 Å². The molecule has 2 N–H and O–H groups in total. The summed E-state index contributed by atoms with van der Waals surface area (Å²) in [6.45, 7) is 0. The first-order valence-electron chi connectivity index (χ1n) is 6.39. The summed E-state index contributed by atoms with van der Waals surface area (Å²) in [7, 11) is 0. The van der Waals surface area contributed by atoms with Crippen LogP contribution in [0.15, 0.2) is 46.6 Å². The van der Waals surface area contributed by atoms with Crippen LogP contribution in [0.4, 0.5) is 11.4 Å². The Balaban J connectivity index is 2.21. The lowest BCUT2D eigenvalue weighted by Gasteiger charge is -1.98. The van der Waals surface area contributed by atoms with Gasteiger partial charge in [-0.3, -0.25) is 20.2 Å². The summed E-state index contributed by atoms with van der Waals surface area (Å²) in [4.78, 5) is 20.1. The maximum Gasteiger partial charge on any atom is 0.270 e. The SMILES string of the molecule is O=[N+]([O-])c1ccc(O)c(/C=N\N=C/c2cc([N+](=O)[O-])ccc2O)c1. The molecule has 0 radical (unpaired) electrons. The summed E-state index contributed by atoms with van der Waals surface area (Å²) in [6.07, 6.45) is 2.15. The van der Waals surface area contributed by atoms with Gasteiger partial charge in [0.25, 0.3) is 11.4 Å². The molecule has 10 heteroatoms. The molecule has 24 heavy (non-hydrogen) atoms. The third kappa shape index (κ3) is 3.88. The number of non-ortho nitro benzene ring substituents is 2. The van der Waals surface area contributed by atoms with E-state index in [9.17, 15) is 30.4 Å². The zero-order valence-electron chi connectivity index (χ0n) is 11.9. The molecular formula is C14H10N4O6. The van der Waals surface area contributed by atoms with Crippen LogP contribution >= 0.6 is 0 Å². The summed E-state index contributed by atoms with van der Waals surface area (Å²) in [5.41, 5.74) is -0.307. The van der Waals surface area contributed by atoms with E-state index in [0.29, 0.717) is 0 Å². The molecule has 2 aromatic carbocycles. The Morgan fingerprint density at radius 2 is 1.17 bits per heavy atom. The first-order valence-corrected chi connectivity index (χ1v) is 6.39. The molecule has 0 fully saturated rings. The minimum absolute atomic E-state index is 0.0737. The summed E-state index contributed by atoms with van der Waals surface area (Å²) in [6, 6.07) is 6.79. The van der Waals surface area contributed by atoms with Crippen LogP contribution in [0.3, 0.4) is 0 Å². The monoisotopic (exact) mass is 330 g/mol. The number of benzene rings is 2. The van der Waals surface area contributed by atoms with Gasteiger partial charge >= 0.3 is 0 Å². The van der Waals surface area contributed by atoms with Crippen molar-refractivity contribution in [2.75, 3.05) is 0 Å². The molecule has 0 spiro atoms. The largest absolute Gasteiger partial charge is 0.507 e. The third-order valence-electron chi connectivity index (χ3n) is 2.90. The molecule has 2 rings (SSSR count). The highest BCUT2D eigenvalue weighted by atomic mass is 16.6. The van der Waals surface area contributed by atoms with Gasteiger partial charge in [0.1, 0.15) is 11.5 Å². The number of nitro groups is 2. The van der Waals surface area contributed by atoms with Crippen LogP contribution in [0.25, 0.3) is 0 Å². The number of phenolic OH excluding ortho intramolecular Hbond substituents is 2. The van der Waals surface area contributed by atoms with E-state index in [-0.39, 0.29) is 34.0 Å². The van der Waals surface area contributed by atoms with Gasteiger partial charge in [-0.05, 0) is 12.1 Å². The Labute approximate surface area is 134 Å². The highest BCUT2D eigenvalue weighted by Gasteiger charge is 2.09. The third-order valence-corrected chi connectivity index (χ3v) is 2.90. The Morgan fingerprint density at radius 1 is 0.792 bits per heavy atom. The molecule has 122 valence electrons. The van der Waals surface area contributed by atoms with Crippen molar-refractivity contribution in [1.82, 2.24) is 0 Å². The molecule has 0 heterocycles. The van der Waals surface area contributed by atoms with Crippen molar-refractivity contribution in [3.05, 3.63) is 67.8 Å². The molecule has 0 aliphatic rings. The highest BCUT2D eigenvalue weighted by Crippen LogP contribution is 2.22. The molecular weight excluding hydrogens is 320 g/mol. The van der Waals surface area contributed by atoms with Gasteiger partial charge in [0.2, 0.25) is 0 Å². The Morgan fingerprint density at radius 3 is 1.50 bits per heavy atom. The fraction of sp³-hybridized carbons (Fsp3) is 0. The molecule has 2 aromatic rings. The normalized spacial score (nSPS) is 11.2. The molecule has 0 bridgehead atoms. The molecule has 0 unspecified atom stereocenters. The molecule has 0 aromatic heterocycles. The van der Waals surface area contributed by atoms with E-state index in [1.165, 1.54) is 0 Å². The van der Waals surface area contributed by atoms with E-state index in [1.54, 1.807) is 0 Å². The van der Waals surface area contributed by atoms with Crippen LogP contribution < -0.4 is 0 Å². The molecule has 0 atom stereocenters. The summed E-state index contributed by atoms with van der Waals surface area (Å²) >= 11 is 0. The Bertz CT molecular complexity index is 791. The fourth-order valence-electron chi connectivity index (χ4n) is 1.71. The van der Waals surface area contributed by atoms with Crippen molar-refractivity contribution in [3.8, 4) is 11.5 Å². The Hall–Kier alpha value is -3.82. The predicted octanol–water partition coefficient (Wildman–Crippen LogP) is 2.37. The van der Waals surface area contributed by atoms with E-state index < -0.39 is 9.85 Å². The van der Waals surface area contributed by atoms with Crippen LogP contribution in [-0.4, -0.2) is 32.5 Å². The first kappa shape index (κ1) is 16.5. The number of aromatic hydroxyl groups is 2. The van der Waals surface area contributed by atoms with E-state index >= 15 is 0 Å². The van der Waals surface area contributed by atoms with Crippen LogP contribution in [0, 0.1) is 20.2 Å². The lowest BCUT2D eigenvalue weighted by atomic mass is 10.2. The van der Waals surface area contributed by atoms with Gasteiger partial charge < -0.3 is 10.2 Å². The van der Waals surface area contributed by atoms with Gasteiger partial charge in [0.05, 0.1) is 22.3 Å². The Kier molecular flexibility index (Phi) is 4.80. The number of phenols is 2. The zero-order chi connectivity index (χ0) is 17.7. The van der Waals surface area contributed by atoms with Crippen molar-refractivity contribution < 1.29 is 20.1 Å². The molecule has 0 saturated carbocycles. The minimum atomic E-state index is -0.624. The number of nitrogens with zero attached hydrogens (tertiary/aromatic N) is 4. The second kappa shape index (κ2) is 6.96. The molecule has 0 aliphatic carbocycles. The highest BCUT2D eigenvalue weighted by molar-refractivity contribution is 5.87. The van der Waals surface area contributed by atoms with Crippen LogP contribution in [0.1, 0.15) is 11.1 Å². The summed E-state index contributed by atoms with van der Waals surface area (Å²) < 4.78 is 0. The average molecular weight is 330 g/mol. The summed E-state index contributed by atoms with van der Waals surface area (Å²) in [5, 5.41) is 47.7. The molecule has 0 saturated heterocycles. The van der Waals surface area contributed by atoms with Gasteiger partial charge in [-0.1, -0.05) is 0 Å². The van der Waals surface area contributed by atoms with Crippen LogP contribution in [-0.2, 0) is 0 Å². The number of hydrogen-bond acceptors (Lipinski definition) is 8. The van der Waals surface area contributed by atoms with Crippen LogP contribution in [0.2, 0.25) is 0 Å². The number of rotatable bonds is 5. The first-order chi connectivity index (χ1) is 11.4. The van der Waals surface area contributed by atoms with E-state index in [1.807, 2.05) is 0 Å². The van der Waals surface area contributed by atoms with Gasteiger partial charge in [-0.15, -0.1) is 0 Å². The fourth-order valence-corrected chi connectivity index (χ4v) is 1.71. The van der Waals surface area contributed by atoms with Crippen molar-refractivity contribution in [1.29, 1.82) is 0 Å². The smallest absolute Gasteiger partial charge is 0.270 e. The number of nitro benzene ring substituents is 2. The minimum Gasteiger partial charge on any atom is -0.507 e. The quantitative estimate of drug-likeness (QED) is 0.487. The molecule has 10 nitrogen and oxygen atoms in total. The van der Waals surface area contributed by atoms with Crippen molar-refractivity contribution in [2.24, 2.45) is 10.2 Å². The lowest BCUT2D eigenvalue weighted by Crippen LogP contribution is -1.91. The topological polar surface area (TPSA) is 151 Å². The standard InChI is InChI=1S/C14H10N4O6/c19-13-3-1-11(17(21)22)5-9(13)7-15-16-8-10-6-12(18(23)24)2-4-14(10)20/h1-8,19-20H/b15-7-,16-8-. The summed E-state index contributed by atoms with van der Waals surface area (Å²) in [5.74, 6) is -0.449. The van der Waals surface area contributed by atoms with Gasteiger partial charge in [0.15, 0.2) is 0 Å². The van der Waals surface area contributed by atoms with Gasteiger partial charge in [0, 0.05) is 35.4 Å². The van der Waals surface area contributed by atoms with Crippen LogP contribution in [0.5, 0.6) is 11.5 Å². The second-order valence-corrected chi connectivity index (χ2v) is 4.49. The van der Waals surface area contributed by atoms with E-state index in [0.717, 1.165) is 48.8 Å². The van der Waals surface area contributed by atoms with Crippen molar-refractivity contribution in [2.45, 2.75) is 0 Å². The van der Waals surface area contributed by atoms with Crippen molar-refractivity contribution >= 4 is 23.8 Å². The molecule has 0 aliphatic heterocycles.